The Balaban J connectivity index is 4.90. The van der Waals surface area contributed by atoms with Crippen LogP contribution in [0.25, 0.3) is 0 Å². The van der Waals surface area contributed by atoms with E-state index < -0.39 is 24.7 Å². The lowest BCUT2D eigenvalue weighted by atomic mass is 10.1. The molecule has 0 radical (unpaired) electrons. The number of hydrogen-bond acceptors (Lipinski definition) is 2. The first-order chi connectivity index (χ1) is 7.76. The van der Waals surface area contributed by atoms with Crippen LogP contribution in [-0.4, -0.2) is 42.7 Å². The molecule has 0 aromatic carbocycles. The van der Waals surface area contributed by atoms with Gasteiger partial charge in [0.05, 0.1) is 6.04 Å². The molecule has 0 bridgehead atoms. The van der Waals surface area contributed by atoms with Gasteiger partial charge in [0.25, 0.3) is 0 Å². The average molecular weight is 254 g/mol. The predicted molar refractivity (Wildman–Crippen MR) is 60.7 cm³/mol. The number of hydrogen-bond donors (Lipinski definition) is 1. The Labute approximate surface area is 100 Å². The van der Waals surface area contributed by atoms with Crippen molar-refractivity contribution in [2.24, 2.45) is 0 Å². The molecule has 1 unspecified atom stereocenters. The molecule has 0 fully saturated rings. The molecule has 6 heteroatoms. The molecule has 3 nitrogen and oxygen atoms in total. The van der Waals surface area contributed by atoms with E-state index in [1.165, 1.54) is 0 Å². The van der Waals surface area contributed by atoms with E-state index >= 15 is 0 Å². The van der Waals surface area contributed by atoms with Crippen LogP contribution in [-0.2, 0) is 4.79 Å². The van der Waals surface area contributed by atoms with Gasteiger partial charge in [-0.2, -0.15) is 13.2 Å². The van der Waals surface area contributed by atoms with Crippen LogP contribution in [0.4, 0.5) is 13.2 Å². The summed E-state index contributed by atoms with van der Waals surface area (Å²) in [5, 5.41) is 2.68. The lowest BCUT2D eigenvalue weighted by molar-refractivity contribution is -0.167. The number of likely N-dealkylation sites (N-methyl/N-ethyl adjacent to an activating group) is 1. The van der Waals surface area contributed by atoms with Crippen LogP contribution in [0.1, 0.15) is 33.6 Å². The van der Waals surface area contributed by atoms with Crippen molar-refractivity contribution in [3.63, 3.8) is 0 Å². The largest absolute Gasteiger partial charge is 0.406 e. The summed E-state index contributed by atoms with van der Waals surface area (Å²) in [5.41, 5.74) is 0. The van der Waals surface area contributed by atoms with Gasteiger partial charge < -0.3 is 10.2 Å². The second kappa shape index (κ2) is 6.83. The lowest BCUT2D eigenvalue weighted by Gasteiger charge is -2.33. The van der Waals surface area contributed by atoms with Gasteiger partial charge in [-0.15, -0.1) is 0 Å². The summed E-state index contributed by atoms with van der Waals surface area (Å²) in [7, 11) is 1.56. The molecule has 0 aromatic rings. The first-order valence-corrected chi connectivity index (χ1v) is 5.81. The molecule has 102 valence electrons. The van der Waals surface area contributed by atoms with Crippen molar-refractivity contribution >= 4 is 5.91 Å². The number of alkyl halides is 3. The Hall–Kier alpha value is -0.780. The molecule has 1 amide bonds. The van der Waals surface area contributed by atoms with Gasteiger partial charge in [-0.25, -0.2) is 0 Å². The molecule has 1 N–H and O–H groups in total. The van der Waals surface area contributed by atoms with Gasteiger partial charge in [0.1, 0.15) is 6.54 Å². The molecule has 0 saturated heterocycles. The summed E-state index contributed by atoms with van der Waals surface area (Å²) in [6.07, 6.45) is -3.31. The zero-order valence-corrected chi connectivity index (χ0v) is 10.8. The summed E-state index contributed by atoms with van der Waals surface area (Å²) in [4.78, 5) is 12.8. The van der Waals surface area contributed by atoms with Gasteiger partial charge in [-0.1, -0.05) is 13.8 Å². The molecule has 17 heavy (non-hydrogen) atoms. The molecular formula is C11H21F3N2O. The predicted octanol–water partition coefficient (Wildman–Crippen LogP) is 2.17. The number of nitrogens with one attached hydrogen (secondary N) is 1. The van der Waals surface area contributed by atoms with Crippen molar-refractivity contribution in [3.05, 3.63) is 0 Å². The van der Waals surface area contributed by atoms with Gasteiger partial charge in [-0.05, 0) is 26.8 Å². The van der Waals surface area contributed by atoms with Crippen molar-refractivity contribution in [2.75, 3.05) is 13.6 Å². The van der Waals surface area contributed by atoms with Gasteiger partial charge in [0, 0.05) is 6.04 Å². The van der Waals surface area contributed by atoms with Crippen molar-refractivity contribution in [1.82, 2.24) is 10.2 Å². The minimum atomic E-state index is -4.36. The zero-order chi connectivity index (χ0) is 13.6. The standard InChI is InChI=1S/C11H21F3N2O/c1-5-9(6-2)16(7-11(12,13)14)10(17)8(3)15-4/h8-9,15H,5-7H2,1-4H3. The Bertz CT molecular complexity index is 239. The van der Waals surface area contributed by atoms with E-state index in [2.05, 4.69) is 5.32 Å². The molecule has 0 heterocycles. The quantitative estimate of drug-likeness (QED) is 0.788. The molecule has 0 rings (SSSR count). The number of rotatable bonds is 6. The third kappa shape index (κ3) is 5.39. The summed E-state index contributed by atoms with van der Waals surface area (Å²) in [5.74, 6) is -0.501. The topological polar surface area (TPSA) is 32.3 Å². The third-order valence-corrected chi connectivity index (χ3v) is 2.82. The smallest absolute Gasteiger partial charge is 0.329 e. The van der Waals surface area contributed by atoms with Gasteiger partial charge in [0.2, 0.25) is 5.91 Å². The number of nitrogens with zero attached hydrogens (tertiary/aromatic N) is 1. The highest BCUT2D eigenvalue weighted by molar-refractivity contribution is 5.81. The van der Waals surface area contributed by atoms with E-state index in [1.807, 2.05) is 0 Å². The summed E-state index contributed by atoms with van der Waals surface area (Å²) < 4.78 is 37.4. The molecule has 1 atom stereocenters. The maximum atomic E-state index is 12.5. The first-order valence-electron chi connectivity index (χ1n) is 5.81. The van der Waals surface area contributed by atoms with E-state index in [0.717, 1.165) is 4.90 Å². The van der Waals surface area contributed by atoms with Crippen LogP contribution in [0, 0.1) is 0 Å². The third-order valence-electron chi connectivity index (χ3n) is 2.82. The summed E-state index contributed by atoms with van der Waals surface area (Å²) in [6.45, 7) is 3.96. The summed E-state index contributed by atoms with van der Waals surface area (Å²) in [6, 6.07) is -0.960. The van der Waals surface area contributed by atoms with Gasteiger partial charge >= 0.3 is 6.18 Å². The van der Waals surface area contributed by atoms with E-state index in [4.69, 9.17) is 0 Å². The monoisotopic (exact) mass is 254 g/mol. The Morgan fingerprint density at radius 2 is 1.76 bits per heavy atom. The highest BCUT2D eigenvalue weighted by Crippen LogP contribution is 2.21. The minimum Gasteiger partial charge on any atom is -0.329 e. The minimum absolute atomic E-state index is 0.361. The fourth-order valence-electron chi connectivity index (χ4n) is 1.68. The van der Waals surface area contributed by atoms with Gasteiger partial charge in [-0.3, -0.25) is 4.79 Å². The van der Waals surface area contributed by atoms with Crippen molar-refractivity contribution < 1.29 is 18.0 Å². The number of carbonyl (C=O) groups is 1. The van der Waals surface area contributed by atoms with E-state index in [0.29, 0.717) is 12.8 Å². The lowest BCUT2D eigenvalue weighted by Crippen LogP contribution is -2.51. The number of carbonyl (C=O) groups excluding carboxylic acids is 1. The van der Waals surface area contributed by atoms with E-state index in [-0.39, 0.29) is 6.04 Å². The van der Waals surface area contributed by atoms with Gasteiger partial charge in [0.15, 0.2) is 0 Å². The highest BCUT2D eigenvalue weighted by atomic mass is 19.4. The average Bonchev–Trinajstić information content (AvgIpc) is 2.25. The second-order valence-electron chi connectivity index (χ2n) is 4.06. The van der Waals surface area contributed by atoms with Crippen LogP contribution in [0.2, 0.25) is 0 Å². The molecular weight excluding hydrogens is 233 g/mol. The number of halogens is 3. The molecule has 0 saturated carbocycles. The highest BCUT2D eigenvalue weighted by Gasteiger charge is 2.36. The Morgan fingerprint density at radius 3 is 2.06 bits per heavy atom. The molecule has 0 aromatic heterocycles. The maximum absolute atomic E-state index is 12.5. The van der Waals surface area contributed by atoms with Crippen LogP contribution in [0.3, 0.4) is 0 Å². The van der Waals surface area contributed by atoms with Crippen LogP contribution in [0.15, 0.2) is 0 Å². The molecule has 0 aliphatic rings. The van der Waals surface area contributed by atoms with Crippen LogP contribution >= 0.6 is 0 Å². The van der Waals surface area contributed by atoms with Crippen LogP contribution < -0.4 is 5.32 Å². The molecule has 0 spiro atoms. The van der Waals surface area contributed by atoms with E-state index in [1.54, 1.807) is 27.8 Å². The van der Waals surface area contributed by atoms with Crippen molar-refractivity contribution in [3.8, 4) is 0 Å². The van der Waals surface area contributed by atoms with E-state index in [9.17, 15) is 18.0 Å². The zero-order valence-electron chi connectivity index (χ0n) is 10.8. The molecule has 0 aliphatic carbocycles. The fourth-order valence-corrected chi connectivity index (χ4v) is 1.68. The first kappa shape index (κ1) is 16.2. The fraction of sp³-hybridized carbons (Fsp3) is 0.909. The summed E-state index contributed by atoms with van der Waals surface area (Å²) >= 11 is 0. The van der Waals surface area contributed by atoms with Crippen LogP contribution in [0.5, 0.6) is 0 Å². The normalized spacial score (nSPS) is 13.9. The van der Waals surface area contributed by atoms with Crippen molar-refractivity contribution in [2.45, 2.75) is 51.9 Å². The SMILES string of the molecule is CCC(CC)N(CC(F)(F)F)C(=O)C(C)NC. The second-order valence-corrected chi connectivity index (χ2v) is 4.06. The Morgan fingerprint density at radius 1 is 1.29 bits per heavy atom. The number of amides is 1. The molecule has 0 aliphatic heterocycles. The van der Waals surface area contributed by atoms with Crippen molar-refractivity contribution in [1.29, 1.82) is 0 Å². The Kier molecular flexibility index (Phi) is 6.52. The maximum Gasteiger partial charge on any atom is 0.406 e.